The van der Waals surface area contributed by atoms with Crippen molar-refractivity contribution in [2.45, 2.75) is 37.3 Å². The number of anilines is 1. The largest absolute Gasteiger partial charge is 0.433 e. The Labute approximate surface area is 196 Å². The number of hydrogen-bond acceptors (Lipinski definition) is 4. The summed E-state index contributed by atoms with van der Waals surface area (Å²) in [5.74, 6) is 0.197. The average Bonchev–Trinajstić information content (AvgIpc) is 2.83. The normalized spacial score (nSPS) is 20.5. The number of para-hydroxylation sites is 1. The highest BCUT2D eigenvalue weighted by atomic mass is 19.4. The molecule has 1 aliphatic rings. The van der Waals surface area contributed by atoms with Gasteiger partial charge in [0.05, 0.1) is 22.7 Å². The number of benzene rings is 2. The summed E-state index contributed by atoms with van der Waals surface area (Å²) in [5, 5.41) is 16.2. The van der Waals surface area contributed by atoms with Crippen LogP contribution in [0.1, 0.15) is 40.9 Å². The number of alkyl halides is 3. The quantitative estimate of drug-likeness (QED) is 0.543. The Morgan fingerprint density at radius 1 is 1.15 bits per heavy atom. The van der Waals surface area contributed by atoms with E-state index >= 15 is 0 Å². The lowest BCUT2D eigenvalue weighted by molar-refractivity contribution is -0.140. The summed E-state index contributed by atoms with van der Waals surface area (Å²) in [5.41, 5.74) is 0.525. The third kappa shape index (κ3) is 5.17. The molecule has 0 bridgehead atoms. The molecule has 1 aromatic heterocycles. The number of nitrogens with zero attached hydrogens (tertiary/aromatic N) is 2. The highest BCUT2D eigenvalue weighted by Gasteiger charge is 2.34. The first-order valence-electron chi connectivity index (χ1n) is 11.3. The molecule has 174 valence electrons. The average molecular weight is 464 g/mol. The maximum atomic E-state index is 13.3. The summed E-state index contributed by atoms with van der Waals surface area (Å²) in [4.78, 5) is 16.5. The Bertz CT molecular complexity index is 1240. The van der Waals surface area contributed by atoms with Crippen LogP contribution < -0.4 is 10.6 Å². The van der Waals surface area contributed by atoms with Crippen LogP contribution in [0.5, 0.6) is 0 Å². The Morgan fingerprint density at radius 3 is 2.62 bits per heavy atom. The lowest BCUT2D eigenvalue weighted by atomic mass is 9.68. The van der Waals surface area contributed by atoms with Crippen molar-refractivity contribution in [1.82, 2.24) is 10.3 Å². The summed E-state index contributed by atoms with van der Waals surface area (Å²) in [6.45, 7) is 0.535. The van der Waals surface area contributed by atoms with Crippen LogP contribution in [-0.4, -0.2) is 31.3 Å². The summed E-state index contributed by atoms with van der Waals surface area (Å²) >= 11 is 0. The molecule has 0 radical (unpaired) electrons. The van der Waals surface area contributed by atoms with Crippen LogP contribution >= 0.6 is 0 Å². The van der Waals surface area contributed by atoms with Gasteiger partial charge in [-0.15, -0.1) is 0 Å². The van der Waals surface area contributed by atoms with E-state index in [1.807, 2.05) is 6.07 Å². The fraction of sp³-hybridized carbons (Fsp3) is 0.320. The number of hydrogen-bond donors (Lipinski definition) is 2. The summed E-state index contributed by atoms with van der Waals surface area (Å²) in [7, 11) is 2.07. The molecule has 3 aromatic rings. The molecule has 34 heavy (non-hydrogen) atoms. The first kappa shape index (κ1) is 23.6. The first-order chi connectivity index (χ1) is 16.3. The van der Waals surface area contributed by atoms with E-state index < -0.39 is 11.9 Å². The smallest absolute Gasteiger partial charge is 0.384 e. The molecule has 0 saturated heterocycles. The monoisotopic (exact) mass is 464 g/mol. The van der Waals surface area contributed by atoms with Crippen LogP contribution in [0.3, 0.4) is 0 Å². The number of fused-ring (bicyclic) bond motifs is 1. The van der Waals surface area contributed by atoms with Gasteiger partial charge in [0.25, 0.3) is 5.91 Å². The Morgan fingerprint density at radius 2 is 1.88 bits per heavy atom. The van der Waals surface area contributed by atoms with E-state index in [1.54, 1.807) is 48.5 Å². The minimum absolute atomic E-state index is 0.0194. The molecular formula is C25H24BF3N4O. The predicted octanol–water partition coefficient (Wildman–Crippen LogP) is 4.56. The van der Waals surface area contributed by atoms with Crippen molar-refractivity contribution in [3.05, 3.63) is 71.4 Å². The third-order valence-electron chi connectivity index (χ3n) is 6.47. The second-order valence-corrected chi connectivity index (χ2v) is 8.84. The zero-order valence-corrected chi connectivity index (χ0v) is 18.7. The van der Waals surface area contributed by atoms with Gasteiger partial charge in [0, 0.05) is 23.7 Å². The number of halogens is 3. The zero-order chi connectivity index (χ0) is 24.3. The van der Waals surface area contributed by atoms with E-state index in [4.69, 9.17) is 0 Å². The second kappa shape index (κ2) is 9.76. The summed E-state index contributed by atoms with van der Waals surface area (Å²) in [6.07, 6.45) is -2.10. The van der Waals surface area contributed by atoms with E-state index in [0.29, 0.717) is 34.3 Å². The van der Waals surface area contributed by atoms with Crippen LogP contribution in [0.2, 0.25) is 5.82 Å². The van der Waals surface area contributed by atoms with Gasteiger partial charge in [0.2, 0.25) is 0 Å². The molecule has 2 aromatic carbocycles. The van der Waals surface area contributed by atoms with Crippen LogP contribution in [-0.2, 0) is 6.18 Å². The summed E-state index contributed by atoms with van der Waals surface area (Å²) < 4.78 is 40.0. The van der Waals surface area contributed by atoms with Gasteiger partial charge in [-0.2, -0.15) is 18.4 Å². The molecule has 1 unspecified atom stereocenters. The van der Waals surface area contributed by atoms with Crippen molar-refractivity contribution in [1.29, 1.82) is 5.26 Å². The van der Waals surface area contributed by atoms with Gasteiger partial charge < -0.3 is 10.6 Å². The van der Waals surface area contributed by atoms with Crippen molar-refractivity contribution < 1.29 is 18.0 Å². The molecule has 0 spiro atoms. The molecule has 1 fully saturated rings. The highest BCUT2D eigenvalue weighted by molar-refractivity contribution is 6.12. The van der Waals surface area contributed by atoms with Gasteiger partial charge in [-0.05, 0) is 48.8 Å². The Balaban J connectivity index is 1.40. The fourth-order valence-electron chi connectivity index (χ4n) is 4.65. The number of nitriles is 1. The minimum atomic E-state index is -4.52. The molecule has 1 heterocycles. The van der Waals surface area contributed by atoms with Crippen LogP contribution in [0.15, 0.2) is 54.6 Å². The van der Waals surface area contributed by atoms with E-state index in [1.165, 1.54) is 0 Å². The van der Waals surface area contributed by atoms with Crippen LogP contribution in [0, 0.1) is 17.2 Å². The first-order valence-corrected chi connectivity index (χ1v) is 11.3. The van der Waals surface area contributed by atoms with Crippen LogP contribution in [0.4, 0.5) is 18.9 Å². The molecule has 0 aliphatic heterocycles. The predicted molar refractivity (Wildman–Crippen MR) is 127 cm³/mol. The molecule has 1 aliphatic carbocycles. The Hall–Kier alpha value is -3.54. The van der Waals surface area contributed by atoms with Crippen molar-refractivity contribution in [3.8, 4) is 6.07 Å². The molecule has 4 rings (SSSR count). The number of carbonyl (C=O) groups is 1. The number of carbonyl (C=O) groups excluding carboxylic acids is 1. The highest BCUT2D eigenvalue weighted by Crippen LogP contribution is 2.35. The Kier molecular flexibility index (Phi) is 6.78. The fourth-order valence-corrected chi connectivity index (χ4v) is 4.65. The topological polar surface area (TPSA) is 77.8 Å². The van der Waals surface area contributed by atoms with E-state index in [-0.39, 0.29) is 23.7 Å². The van der Waals surface area contributed by atoms with E-state index in [9.17, 15) is 23.2 Å². The third-order valence-corrected chi connectivity index (χ3v) is 6.47. The van der Waals surface area contributed by atoms with Gasteiger partial charge in [-0.3, -0.25) is 4.79 Å². The summed E-state index contributed by atoms with van der Waals surface area (Å²) in [6, 6.07) is 16.6. The van der Waals surface area contributed by atoms with Gasteiger partial charge in [-0.1, -0.05) is 36.8 Å². The number of aromatic nitrogens is 1. The molecule has 1 amide bonds. The zero-order valence-electron chi connectivity index (χ0n) is 18.7. The molecule has 5 nitrogen and oxygen atoms in total. The van der Waals surface area contributed by atoms with Crippen molar-refractivity contribution in [2.24, 2.45) is 5.92 Å². The molecular weight excluding hydrogens is 440 g/mol. The number of amides is 1. The van der Waals surface area contributed by atoms with Gasteiger partial charge in [-0.25, -0.2) is 4.98 Å². The second-order valence-electron chi connectivity index (χ2n) is 8.84. The molecule has 3 atom stereocenters. The van der Waals surface area contributed by atoms with Gasteiger partial charge in [0.15, 0.2) is 0 Å². The molecule has 2 N–H and O–H groups in total. The van der Waals surface area contributed by atoms with Gasteiger partial charge >= 0.3 is 6.18 Å². The van der Waals surface area contributed by atoms with E-state index in [0.717, 1.165) is 25.3 Å². The number of pyridine rings is 1. The van der Waals surface area contributed by atoms with Crippen LogP contribution in [0.25, 0.3) is 10.9 Å². The number of nitrogens with one attached hydrogen (secondary N) is 2. The van der Waals surface area contributed by atoms with Crippen molar-refractivity contribution in [2.75, 3.05) is 11.9 Å². The maximum Gasteiger partial charge on any atom is 0.433 e. The van der Waals surface area contributed by atoms with Crippen molar-refractivity contribution in [3.63, 3.8) is 0 Å². The van der Waals surface area contributed by atoms with Gasteiger partial charge in [0.1, 0.15) is 13.5 Å². The SMILES string of the molecule is BC1C[C@H](CNc2cc(C(F)(F)F)nc3ccccc23)CC[C@@H]1NC(=O)c1ccccc1C#N. The standard InChI is InChI=1S/C25H24BF3N4O/c26-19-11-15(9-10-21(19)33-24(34)17-6-2-1-5-16(17)13-30)14-31-22-12-23(25(27,28)29)32-20-8-4-3-7-18(20)22/h1-8,12,15,19,21H,9-11,14,26H2,(H,31,32)(H,33,34)/t15-,19?,21+/m1/s1. The number of rotatable bonds is 5. The maximum absolute atomic E-state index is 13.3. The minimum Gasteiger partial charge on any atom is -0.384 e. The lowest BCUT2D eigenvalue weighted by Gasteiger charge is -2.35. The molecule has 9 heteroatoms. The van der Waals surface area contributed by atoms with E-state index in [2.05, 4.69) is 23.5 Å². The molecule has 1 saturated carbocycles. The van der Waals surface area contributed by atoms with Crippen molar-refractivity contribution >= 4 is 30.3 Å². The lowest BCUT2D eigenvalue weighted by Crippen LogP contribution is -2.42.